The molecule has 2 N–H and O–H groups in total. The smallest absolute Gasteiger partial charge is 0.255 e. The summed E-state index contributed by atoms with van der Waals surface area (Å²) in [5.41, 5.74) is 1.28. The first-order valence-corrected chi connectivity index (χ1v) is 9.34. The number of anilines is 3. The molecule has 3 aromatic rings. The predicted molar refractivity (Wildman–Crippen MR) is 107 cm³/mol. The van der Waals surface area contributed by atoms with E-state index in [0.29, 0.717) is 46.9 Å². The van der Waals surface area contributed by atoms with Gasteiger partial charge in [-0.25, -0.2) is 14.4 Å². The fraction of sp³-hybridized carbons (Fsp3) is 0.238. The first-order chi connectivity index (χ1) is 14.2. The second-order valence-electron chi connectivity index (χ2n) is 6.82. The molecule has 1 saturated carbocycles. The van der Waals surface area contributed by atoms with E-state index in [2.05, 4.69) is 25.6 Å². The van der Waals surface area contributed by atoms with E-state index in [1.807, 2.05) is 0 Å². The van der Waals surface area contributed by atoms with Crippen LogP contribution in [0.4, 0.5) is 21.7 Å². The summed E-state index contributed by atoms with van der Waals surface area (Å²) in [4.78, 5) is 25.0. The molecule has 1 fully saturated rings. The number of rotatable bonds is 8. The lowest BCUT2D eigenvalue weighted by molar-refractivity contribution is 0.102. The van der Waals surface area contributed by atoms with Gasteiger partial charge in [-0.05, 0) is 43.0 Å². The monoisotopic (exact) mass is 393 g/mol. The lowest BCUT2D eigenvalue weighted by atomic mass is 10.2. The third-order valence-corrected chi connectivity index (χ3v) is 4.38. The highest BCUT2D eigenvalue weighted by Crippen LogP contribution is 2.29. The van der Waals surface area contributed by atoms with E-state index >= 15 is 0 Å². The van der Waals surface area contributed by atoms with Crippen molar-refractivity contribution in [2.75, 3.05) is 17.2 Å². The number of ether oxygens (including phenoxy) is 1. The number of amides is 1. The van der Waals surface area contributed by atoms with Gasteiger partial charge in [0.2, 0.25) is 0 Å². The molecule has 1 aliphatic rings. The van der Waals surface area contributed by atoms with Gasteiger partial charge in [-0.3, -0.25) is 9.78 Å². The Morgan fingerprint density at radius 1 is 1.17 bits per heavy atom. The highest BCUT2D eigenvalue weighted by molar-refractivity contribution is 6.04. The van der Waals surface area contributed by atoms with Crippen LogP contribution < -0.4 is 15.4 Å². The van der Waals surface area contributed by atoms with Gasteiger partial charge >= 0.3 is 0 Å². The maximum atomic E-state index is 12.8. The van der Waals surface area contributed by atoms with Crippen LogP contribution in [-0.2, 0) is 6.67 Å². The highest BCUT2D eigenvalue weighted by Gasteiger charge is 2.22. The minimum atomic E-state index is -0.650. The van der Waals surface area contributed by atoms with Gasteiger partial charge < -0.3 is 15.4 Å². The zero-order chi connectivity index (χ0) is 20.1. The third kappa shape index (κ3) is 5.25. The number of pyridine rings is 3. The third-order valence-electron chi connectivity index (χ3n) is 4.38. The zero-order valence-electron chi connectivity index (χ0n) is 15.6. The number of halogens is 1. The number of aromatic nitrogens is 3. The molecule has 29 heavy (non-hydrogen) atoms. The molecule has 0 bridgehead atoms. The fourth-order valence-corrected chi connectivity index (χ4v) is 2.66. The molecule has 0 unspecified atom stereocenters. The van der Waals surface area contributed by atoms with Crippen molar-refractivity contribution in [2.45, 2.75) is 19.5 Å². The molecule has 148 valence electrons. The molecule has 8 heteroatoms. The molecule has 0 radical (unpaired) electrons. The Labute approximate surface area is 167 Å². The summed E-state index contributed by atoms with van der Waals surface area (Å²) < 4.78 is 18.5. The van der Waals surface area contributed by atoms with E-state index in [1.165, 1.54) is 19.0 Å². The van der Waals surface area contributed by atoms with Crippen LogP contribution in [-0.4, -0.2) is 27.5 Å². The molecule has 0 aromatic carbocycles. The quantitative estimate of drug-likeness (QED) is 0.598. The largest absolute Gasteiger partial charge is 0.492 e. The Kier molecular flexibility index (Phi) is 5.60. The van der Waals surface area contributed by atoms with Crippen LogP contribution in [0.1, 0.15) is 28.9 Å². The number of nitrogens with one attached hydrogen (secondary N) is 2. The molecule has 1 aliphatic carbocycles. The molecule has 0 spiro atoms. The van der Waals surface area contributed by atoms with Crippen LogP contribution >= 0.6 is 0 Å². The molecule has 1 amide bonds. The van der Waals surface area contributed by atoms with Crippen LogP contribution in [0.25, 0.3) is 0 Å². The van der Waals surface area contributed by atoms with Crippen LogP contribution in [0.3, 0.4) is 0 Å². The van der Waals surface area contributed by atoms with Crippen molar-refractivity contribution < 1.29 is 13.9 Å². The second-order valence-corrected chi connectivity index (χ2v) is 6.82. The molecule has 0 atom stereocenters. The Morgan fingerprint density at radius 2 is 2.07 bits per heavy atom. The molecule has 3 aromatic heterocycles. The van der Waals surface area contributed by atoms with E-state index < -0.39 is 6.67 Å². The highest BCUT2D eigenvalue weighted by atomic mass is 19.1. The van der Waals surface area contributed by atoms with Crippen molar-refractivity contribution in [1.82, 2.24) is 15.0 Å². The molecule has 0 aliphatic heterocycles. The number of alkyl halides is 1. The topological polar surface area (TPSA) is 89.0 Å². The molecular weight excluding hydrogens is 373 g/mol. The number of hydrogen-bond acceptors (Lipinski definition) is 6. The minimum Gasteiger partial charge on any atom is -0.492 e. The van der Waals surface area contributed by atoms with Crippen molar-refractivity contribution in [3.05, 3.63) is 66.2 Å². The number of carbonyl (C=O) groups excluding carboxylic acids is 1. The first-order valence-electron chi connectivity index (χ1n) is 9.34. The van der Waals surface area contributed by atoms with Crippen molar-refractivity contribution in [1.29, 1.82) is 0 Å². The summed E-state index contributed by atoms with van der Waals surface area (Å²) in [7, 11) is 0. The Bertz CT molecular complexity index is 1010. The van der Waals surface area contributed by atoms with Gasteiger partial charge in [-0.2, -0.15) is 0 Å². The van der Waals surface area contributed by atoms with E-state index in [-0.39, 0.29) is 5.91 Å². The Morgan fingerprint density at radius 3 is 2.90 bits per heavy atom. The number of hydrogen-bond donors (Lipinski definition) is 2. The van der Waals surface area contributed by atoms with E-state index in [1.54, 1.807) is 48.8 Å². The molecule has 7 nitrogen and oxygen atoms in total. The van der Waals surface area contributed by atoms with Gasteiger partial charge in [0.05, 0.1) is 30.4 Å². The maximum Gasteiger partial charge on any atom is 0.255 e. The number of carbonyl (C=O) groups is 1. The van der Waals surface area contributed by atoms with E-state index in [4.69, 9.17) is 4.74 Å². The molecule has 0 saturated heterocycles. The summed E-state index contributed by atoms with van der Waals surface area (Å²) in [6.07, 6.45) is 7.12. The lowest BCUT2D eigenvalue weighted by Gasteiger charge is -2.10. The standard InChI is InChI=1S/C21H20FN5O2/c22-10-16-2-1-3-19(25-16)27-20-8-15(6-7-24-20)21(28)26-17-9-18(12-23-11-17)29-13-14-4-5-14/h1-3,6-9,11-12,14H,4-5,10,13H2,(H,26,28)(H,24,25,27). The van der Waals surface area contributed by atoms with Crippen molar-refractivity contribution >= 4 is 23.2 Å². The number of nitrogens with zero attached hydrogens (tertiary/aromatic N) is 3. The van der Waals surface area contributed by atoms with Crippen molar-refractivity contribution in [3.8, 4) is 5.75 Å². The van der Waals surface area contributed by atoms with Gasteiger partial charge in [0, 0.05) is 17.8 Å². The van der Waals surface area contributed by atoms with Crippen molar-refractivity contribution in [2.24, 2.45) is 5.92 Å². The SMILES string of the molecule is O=C(Nc1cncc(OCC2CC2)c1)c1ccnc(Nc2cccc(CF)n2)c1. The summed E-state index contributed by atoms with van der Waals surface area (Å²) in [5, 5.41) is 5.79. The average Bonchev–Trinajstić information content (AvgIpc) is 3.57. The molecule has 4 rings (SSSR count). The first kappa shape index (κ1) is 18.8. The summed E-state index contributed by atoms with van der Waals surface area (Å²) in [6.45, 7) is 0.0268. The molecular formula is C21H20FN5O2. The van der Waals surface area contributed by atoms with E-state index in [9.17, 15) is 9.18 Å². The van der Waals surface area contributed by atoms with Crippen LogP contribution in [0.15, 0.2) is 55.0 Å². The van der Waals surface area contributed by atoms with Gasteiger partial charge in [0.1, 0.15) is 24.1 Å². The zero-order valence-corrected chi connectivity index (χ0v) is 15.6. The Balaban J connectivity index is 1.42. The van der Waals surface area contributed by atoms with Gasteiger partial charge in [-0.1, -0.05) is 6.07 Å². The fourth-order valence-electron chi connectivity index (χ4n) is 2.66. The van der Waals surface area contributed by atoms with E-state index in [0.717, 1.165) is 0 Å². The average molecular weight is 393 g/mol. The van der Waals surface area contributed by atoms with Gasteiger partial charge in [0.25, 0.3) is 5.91 Å². The van der Waals surface area contributed by atoms with Crippen LogP contribution in [0.2, 0.25) is 0 Å². The second kappa shape index (κ2) is 8.64. The van der Waals surface area contributed by atoms with Crippen LogP contribution in [0.5, 0.6) is 5.75 Å². The predicted octanol–water partition coefficient (Wildman–Crippen LogP) is 4.13. The van der Waals surface area contributed by atoms with Gasteiger partial charge in [0.15, 0.2) is 0 Å². The Hall–Kier alpha value is -3.55. The van der Waals surface area contributed by atoms with Crippen molar-refractivity contribution in [3.63, 3.8) is 0 Å². The molecule has 3 heterocycles. The van der Waals surface area contributed by atoms with Crippen LogP contribution in [0, 0.1) is 5.92 Å². The minimum absolute atomic E-state index is 0.304. The summed E-state index contributed by atoms with van der Waals surface area (Å²) in [5.74, 6) is 1.85. The summed E-state index contributed by atoms with van der Waals surface area (Å²) in [6, 6.07) is 9.95. The maximum absolute atomic E-state index is 12.8. The summed E-state index contributed by atoms with van der Waals surface area (Å²) >= 11 is 0. The van der Waals surface area contributed by atoms with Gasteiger partial charge in [-0.15, -0.1) is 0 Å². The normalized spacial score (nSPS) is 13.0. The lowest BCUT2D eigenvalue weighted by Crippen LogP contribution is -2.13.